The standard InChI is InChI=1S/C19H25N3O2S/c1-13(17(23)20-14-9-5-3-4-6-10-14)25-19-21-16-12-8-7-11-15(16)18(24)22(19)2/h7-8,11-14H,3-6,9-10H2,1-2H3,(H,20,23). The van der Waals surface area contributed by atoms with Crippen LogP contribution in [0.2, 0.25) is 0 Å². The van der Waals surface area contributed by atoms with Gasteiger partial charge in [0.2, 0.25) is 5.91 Å². The van der Waals surface area contributed by atoms with Gasteiger partial charge in [-0.15, -0.1) is 0 Å². The molecular weight excluding hydrogens is 334 g/mol. The number of benzene rings is 1. The largest absolute Gasteiger partial charge is 0.352 e. The van der Waals surface area contributed by atoms with Crippen molar-refractivity contribution in [3.8, 4) is 0 Å². The molecule has 0 spiro atoms. The number of hydrogen-bond donors (Lipinski definition) is 1. The zero-order valence-electron chi connectivity index (χ0n) is 14.8. The van der Waals surface area contributed by atoms with Gasteiger partial charge in [0.1, 0.15) is 0 Å². The van der Waals surface area contributed by atoms with E-state index in [1.165, 1.54) is 42.0 Å². The Bertz CT molecular complexity index is 810. The number of fused-ring (bicyclic) bond motifs is 1. The van der Waals surface area contributed by atoms with Gasteiger partial charge in [0, 0.05) is 13.1 Å². The van der Waals surface area contributed by atoms with E-state index < -0.39 is 0 Å². The van der Waals surface area contributed by atoms with E-state index in [1.807, 2.05) is 25.1 Å². The van der Waals surface area contributed by atoms with Crippen molar-refractivity contribution in [2.24, 2.45) is 7.05 Å². The number of para-hydroxylation sites is 1. The van der Waals surface area contributed by atoms with E-state index in [2.05, 4.69) is 10.3 Å². The van der Waals surface area contributed by atoms with Crippen molar-refractivity contribution >= 4 is 28.6 Å². The van der Waals surface area contributed by atoms with Crippen molar-refractivity contribution in [2.45, 2.75) is 61.9 Å². The van der Waals surface area contributed by atoms with Crippen LogP contribution < -0.4 is 10.9 Å². The summed E-state index contributed by atoms with van der Waals surface area (Å²) in [4.78, 5) is 29.6. The fourth-order valence-corrected chi connectivity index (χ4v) is 4.14. The van der Waals surface area contributed by atoms with Gasteiger partial charge >= 0.3 is 0 Å². The fraction of sp³-hybridized carbons (Fsp3) is 0.526. The molecule has 25 heavy (non-hydrogen) atoms. The molecule has 0 aliphatic heterocycles. The molecule has 1 fully saturated rings. The molecule has 1 unspecified atom stereocenters. The van der Waals surface area contributed by atoms with E-state index in [9.17, 15) is 9.59 Å². The predicted octanol–water partition coefficient (Wildman–Crippen LogP) is 3.25. The van der Waals surface area contributed by atoms with Crippen LogP contribution in [0.3, 0.4) is 0 Å². The van der Waals surface area contributed by atoms with Crippen molar-refractivity contribution in [1.82, 2.24) is 14.9 Å². The third kappa shape index (κ3) is 4.24. The van der Waals surface area contributed by atoms with Crippen LogP contribution in [0.4, 0.5) is 0 Å². The first-order valence-electron chi connectivity index (χ1n) is 8.99. The lowest BCUT2D eigenvalue weighted by Crippen LogP contribution is -2.39. The lowest BCUT2D eigenvalue weighted by atomic mass is 10.1. The molecule has 1 aromatic heterocycles. The summed E-state index contributed by atoms with van der Waals surface area (Å²) in [6.45, 7) is 1.87. The number of rotatable bonds is 4. The Kier molecular flexibility index (Phi) is 5.78. The number of carbonyl (C=O) groups is 1. The van der Waals surface area contributed by atoms with E-state index in [0.717, 1.165) is 12.8 Å². The summed E-state index contributed by atoms with van der Waals surface area (Å²) in [6, 6.07) is 7.59. The van der Waals surface area contributed by atoms with Crippen LogP contribution >= 0.6 is 11.8 Å². The van der Waals surface area contributed by atoms with E-state index in [-0.39, 0.29) is 22.8 Å². The summed E-state index contributed by atoms with van der Waals surface area (Å²) < 4.78 is 1.53. The third-order valence-electron chi connectivity index (χ3n) is 4.80. The molecule has 2 aromatic rings. The SMILES string of the molecule is CC(Sc1nc2ccccc2c(=O)n1C)C(=O)NC1CCCCCC1. The van der Waals surface area contributed by atoms with Crippen LogP contribution in [0.5, 0.6) is 0 Å². The highest BCUT2D eigenvalue weighted by Crippen LogP contribution is 2.23. The average molecular weight is 359 g/mol. The van der Waals surface area contributed by atoms with E-state index >= 15 is 0 Å². The molecule has 1 heterocycles. The number of thioether (sulfide) groups is 1. The molecule has 1 aliphatic rings. The molecule has 0 saturated heterocycles. The molecule has 1 N–H and O–H groups in total. The molecule has 0 radical (unpaired) electrons. The zero-order chi connectivity index (χ0) is 17.8. The minimum atomic E-state index is -0.289. The molecule has 0 bridgehead atoms. The van der Waals surface area contributed by atoms with Gasteiger partial charge in [0.25, 0.3) is 5.56 Å². The molecule has 134 valence electrons. The summed E-state index contributed by atoms with van der Waals surface area (Å²) in [5.74, 6) is 0.0271. The Hall–Kier alpha value is -1.82. The Balaban J connectivity index is 1.72. The number of carbonyl (C=O) groups excluding carboxylic acids is 1. The number of nitrogens with zero attached hydrogens (tertiary/aromatic N) is 2. The van der Waals surface area contributed by atoms with Gasteiger partial charge in [-0.1, -0.05) is 49.6 Å². The predicted molar refractivity (Wildman–Crippen MR) is 102 cm³/mol. The molecule has 1 aliphatic carbocycles. The Morgan fingerprint density at radius 1 is 1.24 bits per heavy atom. The highest BCUT2D eigenvalue weighted by atomic mass is 32.2. The van der Waals surface area contributed by atoms with Gasteiger partial charge in [0.05, 0.1) is 16.2 Å². The van der Waals surface area contributed by atoms with Crippen molar-refractivity contribution in [1.29, 1.82) is 0 Å². The second-order valence-corrected chi connectivity index (χ2v) is 8.04. The summed E-state index contributed by atoms with van der Waals surface area (Å²) >= 11 is 1.34. The topological polar surface area (TPSA) is 64.0 Å². The Labute approximate surface area is 152 Å². The molecule has 1 atom stereocenters. The van der Waals surface area contributed by atoms with Crippen LogP contribution in [0.1, 0.15) is 45.4 Å². The maximum atomic E-state index is 12.5. The second kappa shape index (κ2) is 8.04. The molecule has 1 amide bonds. The highest BCUT2D eigenvalue weighted by molar-refractivity contribution is 8.00. The average Bonchev–Trinajstić information content (AvgIpc) is 2.88. The molecule has 5 nitrogen and oxygen atoms in total. The smallest absolute Gasteiger partial charge is 0.261 e. The molecule has 1 aromatic carbocycles. The molecule has 3 rings (SSSR count). The maximum Gasteiger partial charge on any atom is 0.261 e. The van der Waals surface area contributed by atoms with Gasteiger partial charge < -0.3 is 5.32 Å². The molecule has 1 saturated carbocycles. The van der Waals surface area contributed by atoms with Gasteiger partial charge in [-0.3, -0.25) is 14.2 Å². The first-order valence-corrected chi connectivity index (χ1v) is 9.87. The second-order valence-electron chi connectivity index (χ2n) is 6.73. The number of aromatic nitrogens is 2. The van der Waals surface area contributed by atoms with E-state index in [0.29, 0.717) is 16.1 Å². The summed E-state index contributed by atoms with van der Waals surface area (Å²) in [5.41, 5.74) is 0.592. The Morgan fingerprint density at radius 2 is 1.92 bits per heavy atom. The van der Waals surface area contributed by atoms with Crippen LogP contribution in [0.25, 0.3) is 10.9 Å². The van der Waals surface area contributed by atoms with Gasteiger partial charge in [-0.05, 0) is 31.9 Å². The lowest BCUT2D eigenvalue weighted by molar-refractivity contribution is -0.121. The molecular formula is C19H25N3O2S. The van der Waals surface area contributed by atoms with Crippen molar-refractivity contribution in [3.05, 3.63) is 34.6 Å². The fourth-order valence-electron chi connectivity index (χ4n) is 3.26. The minimum Gasteiger partial charge on any atom is -0.352 e. The van der Waals surface area contributed by atoms with Crippen LogP contribution in [-0.4, -0.2) is 26.8 Å². The quantitative estimate of drug-likeness (QED) is 0.517. The maximum absolute atomic E-state index is 12.5. The summed E-state index contributed by atoms with van der Waals surface area (Å²) in [6.07, 6.45) is 7.03. The Morgan fingerprint density at radius 3 is 2.64 bits per heavy atom. The van der Waals surface area contributed by atoms with Crippen molar-refractivity contribution < 1.29 is 4.79 Å². The first-order chi connectivity index (χ1) is 12.1. The van der Waals surface area contributed by atoms with Gasteiger partial charge in [-0.2, -0.15) is 0 Å². The number of hydrogen-bond acceptors (Lipinski definition) is 4. The first kappa shape index (κ1) is 18.0. The van der Waals surface area contributed by atoms with Crippen molar-refractivity contribution in [3.63, 3.8) is 0 Å². The van der Waals surface area contributed by atoms with Crippen molar-refractivity contribution in [2.75, 3.05) is 0 Å². The monoisotopic (exact) mass is 359 g/mol. The summed E-state index contributed by atoms with van der Waals surface area (Å²) in [5, 5.41) is 4.06. The third-order valence-corrected chi connectivity index (χ3v) is 5.94. The number of nitrogens with one attached hydrogen (secondary N) is 1. The van der Waals surface area contributed by atoms with Crippen LogP contribution in [0, 0.1) is 0 Å². The number of amides is 1. The summed E-state index contributed by atoms with van der Waals surface area (Å²) in [7, 11) is 1.71. The van der Waals surface area contributed by atoms with Crippen LogP contribution in [0.15, 0.2) is 34.2 Å². The van der Waals surface area contributed by atoms with E-state index in [1.54, 1.807) is 13.1 Å². The normalized spacial score (nSPS) is 17.2. The van der Waals surface area contributed by atoms with Crippen LogP contribution in [-0.2, 0) is 11.8 Å². The van der Waals surface area contributed by atoms with E-state index in [4.69, 9.17) is 0 Å². The zero-order valence-corrected chi connectivity index (χ0v) is 15.6. The lowest BCUT2D eigenvalue weighted by Gasteiger charge is -2.19. The molecule has 6 heteroatoms. The highest BCUT2D eigenvalue weighted by Gasteiger charge is 2.21. The van der Waals surface area contributed by atoms with Gasteiger partial charge in [0.15, 0.2) is 5.16 Å². The van der Waals surface area contributed by atoms with Gasteiger partial charge in [-0.25, -0.2) is 4.98 Å². The minimum absolute atomic E-state index is 0.0271.